The fourth-order valence-corrected chi connectivity index (χ4v) is 4.49. The Bertz CT molecular complexity index is 420. The minimum Gasteiger partial charge on any atom is -0.356 e. The van der Waals surface area contributed by atoms with Gasteiger partial charge in [-0.05, 0) is 70.4 Å². The number of nitrogens with one attached hydrogen (secondary N) is 3. The molecule has 0 bridgehead atoms. The predicted octanol–water partition coefficient (Wildman–Crippen LogP) is 1.97. The highest BCUT2D eigenvalue weighted by atomic mass is 16.2. The average molecular weight is 335 g/mol. The number of carbonyl (C=O) groups is 2. The molecule has 2 aliphatic carbocycles. The second-order valence-corrected chi connectivity index (χ2v) is 8.00. The van der Waals surface area contributed by atoms with Crippen LogP contribution < -0.4 is 16.0 Å². The third-order valence-electron chi connectivity index (χ3n) is 6.13. The molecule has 1 aliphatic heterocycles. The van der Waals surface area contributed by atoms with Gasteiger partial charge in [0.15, 0.2) is 0 Å². The van der Waals surface area contributed by atoms with E-state index in [0.717, 1.165) is 58.2 Å². The van der Waals surface area contributed by atoms with E-state index in [1.807, 2.05) is 0 Å². The molecule has 0 spiro atoms. The summed E-state index contributed by atoms with van der Waals surface area (Å²) in [4.78, 5) is 24.6. The maximum Gasteiger partial charge on any atom is 0.223 e. The van der Waals surface area contributed by atoms with Crippen LogP contribution in [-0.2, 0) is 9.59 Å². The van der Waals surface area contributed by atoms with Crippen LogP contribution in [0.5, 0.6) is 0 Å². The Hall–Kier alpha value is -1.10. The van der Waals surface area contributed by atoms with Crippen molar-refractivity contribution in [2.24, 2.45) is 17.8 Å². The maximum absolute atomic E-state index is 12.4. The Balaban J connectivity index is 1.33. The molecule has 1 saturated heterocycles. The van der Waals surface area contributed by atoms with Crippen molar-refractivity contribution in [3.8, 4) is 0 Å². The lowest BCUT2D eigenvalue weighted by atomic mass is 9.85. The van der Waals surface area contributed by atoms with E-state index in [2.05, 4.69) is 16.0 Å². The first-order valence-electron chi connectivity index (χ1n) is 10.0. The van der Waals surface area contributed by atoms with Crippen LogP contribution >= 0.6 is 0 Å². The quantitative estimate of drug-likeness (QED) is 0.719. The molecule has 1 unspecified atom stereocenters. The summed E-state index contributed by atoms with van der Waals surface area (Å²) in [6, 6.07) is 0.282. The molecule has 24 heavy (non-hydrogen) atoms. The Morgan fingerprint density at radius 3 is 2.21 bits per heavy atom. The molecule has 2 amide bonds. The van der Waals surface area contributed by atoms with Crippen LogP contribution in [0.25, 0.3) is 0 Å². The van der Waals surface area contributed by atoms with Crippen molar-refractivity contribution in [3.63, 3.8) is 0 Å². The van der Waals surface area contributed by atoms with Gasteiger partial charge in [0, 0.05) is 24.4 Å². The molecule has 5 nitrogen and oxygen atoms in total. The summed E-state index contributed by atoms with van der Waals surface area (Å²) in [5, 5.41) is 9.77. The van der Waals surface area contributed by atoms with Crippen molar-refractivity contribution >= 4 is 11.8 Å². The Labute approximate surface area is 145 Å². The van der Waals surface area contributed by atoms with Crippen LogP contribution in [0.1, 0.15) is 64.2 Å². The molecule has 3 N–H and O–H groups in total. The normalized spacial score (nSPS) is 31.6. The molecule has 5 heteroatoms. The summed E-state index contributed by atoms with van der Waals surface area (Å²) in [5.41, 5.74) is 0. The first kappa shape index (κ1) is 17.7. The molecule has 1 heterocycles. The van der Waals surface area contributed by atoms with Crippen LogP contribution in [0.15, 0.2) is 0 Å². The SMILES string of the molecule is O=C(NCC1CCCNC1)C1CCC(NC(=O)C2CCCC2)CC1. The van der Waals surface area contributed by atoms with Gasteiger partial charge in [-0.3, -0.25) is 9.59 Å². The van der Waals surface area contributed by atoms with Gasteiger partial charge in [-0.1, -0.05) is 12.8 Å². The smallest absolute Gasteiger partial charge is 0.223 e. The van der Waals surface area contributed by atoms with Crippen LogP contribution in [-0.4, -0.2) is 37.5 Å². The van der Waals surface area contributed by atoms with Gasteiger partial charge in [0.1, 0.15) is 0 Å². The van der Waals surface area contributed by atoms with E-state index in [0.29, 0.717) is 5.92 Å². The summed E-state index contributed by atoms with van der Waals surface area (Å²) >= 11 is 0. The number of carbonyl (C=O) groups excluding carboxylic acids is 2. The molecule has 0 aromatic heterocycles. The topological polar surface area (TPSA) is 70.2 Å². The second-order valence-electron chi connectivity index (χ2n) is 8.00. The highest BCUT2D eigenvalue weighted by Crippen LogP contribution is 2.28. The Morgan fingerprint density at radius 1 is 0.833 bits per heavy atom. The van der Waals surface area contributed by atoms with E-state index in [4.69, 9.17) is 0 Å². The van der Waals surface area contributed by atoms with E-state index < -0.39 is 0 Å². The predicted molar refractivity (Wildman–Crippen MR) is 94.5 cm³/mol. The molecule has 3 aliphatic rings. The van der Waals surface area contributed by atoms with Gasteiger partial charge in [0.2, 0.25) is 11.8 Å². The molecule has 0 radical (unpaired) electrons. The van der Waals surface area contributed by atoms with Crippen molar-refractivity contribution in [1.82, 2.24) is 16.0 Å². The standard InChI is InChI=1S/C19H33N3O2/c23-18(21-13-14-4-3-11-20-12-14)16-7-9-17(10-8-16)22-19(24)15-5-1-2-6-15/h14-17,20H,1-13H2,(H,21,23)(H,22,24). The molecule has 136 valence electrons. The van der Waals surface area contributed by atoms with Gasteiger partial charge >= 0.3 is 0 Å². The van der Waals surface area contributed by atoms with Gasteiger partial charge < -0.3 is 16.0 Å². The van der Waals surface area contributed by atoms with Gasteiger partial charge in [0.25, 0.3) is 0 Å². The zero-order chi connectivity index (χ0) is 16.8. The largest absolute Gasteiger partial charge is 0.356 e. The minimum atomic E-state index is 0.140. The molecule has 0 aromatic rings. The van der Waals surface area contributed by atoms with Crippen LogP contribution in [0.4, 0.5) is 0 Å². The van der Waals surface area contributed by atoms with E-state index in [1.165, 1.54) is 25.7 Å². The summed E-state index contributed by atoms with van der Waals surface area (Å²) in [7, 11) is 0. The first-order valence-corrected chi connectivity index (χ1v) is 10.0. The number of piperidine rings is 1. The fourth-order valence-electron chi connectivity index (χ4n) is 4.49. The minimum absolute atomic E-state index is 0.140. The van der Waals surface area contributed by atoms with Gasteiger partial charge in [-0.15, -0.1) is 0 Å². The Kier molecular flexibility index (Phi) is 6.52. The first-order chi connectivity index (χ1) is 11.7. The van der Waals surface area contributed by atoms with Crippen molar-refractivity contribution in [2.75, 3.05) is 19.6 Å². The zero-order valence-electron chi connectivity index (χ0n) is 14.8. The van der Waals surface area contributed by atoms with Gasteiger partial charge in [-0.2, -0.15) is 0 Å². The molecule has 3 fully saturated rings. The molecule has 3 rings (SSSR count). The summed E-state index contributed by atoms with van der Waals surface area (Å²) in [6.45, 7) is 2.95. The molecule has 2 saturated carbocycles. The van der Waals surface area contributed by atoms with Gasteiger partial charge in [-0.25, -0.2) is 0 Å². The van der Waals surface area contributed by atoms with Gasteiger partial charge in [0.05, 0.1) is 0 Å². The zero-order valence-corrected chi connectivity index (χ0v) is 14.8. The summed E-state index contributed by atoms with van der Waals surface area (Å²) < 4.78 is 0. The average Bonchev–Trinajstić information content (AvgIpc) is 3.16. The van der Waals surface area contributed by atoms with Crippen molar-refractivity contribution in [1.29, 1.82) is 0 Å². The van der Waals surface area contributed by atoms with Crippen molar-refractivity contribution < 1.29 is 9.59 Å². The summed E-state index contributed by atoms with van der Waals surface area (Å²) in [5.74, 6) is 1.45. The van der Waals surface area contributed by atoms with E-state index in [-0.39, 0.29) is 29.7 Å². The lowest BCUT2D eigenvalue weighted by Gasteiger charge is -2.30. The highest BCUT2D eigenvalue weighted by Gasteiger charge is 2.29. The molecular formula is C19H33N3O2. The molecule has 1 atom stereocenters. The number of rotatable bonds is 5. The third kappa shape index (κ3) is 4.95. The van der Waals surface area contributed by atoms with E-state index >= 15 is 0 Å². The Morgan fingerprint density at radius 2 is 1.54 bits per heavy atom. The monoisotopic (exact) mass is 335 g/mol. The van der Waals surface area contributed by atoms with Crippen molar-refractivity contribution in [2.45, 2.75) is 70.3 Å². The summed E-state index contributed by atoms with van der Waals surface area (Å²) in [6.07, 6.45) is 10.6. The maximum atomic E-state index is 12.4. The third-order valence-corrected chi connectivity index (χ3v) is 6.13. The molecular weight excluding hydrogens is 302 g/mol. The van der Waals surface area contributed by atoms with Crippen LogP contribution in [0.3, 0.4) is 0 Å². The lowest BCUT2D eigenvalue weighted by Crippen LogP contribution is -2.44. The number of hydrogen-bond acceptors (Lipinski definition) is 3. The number of hydrogen-bond donors (Lipinski definition) is 3. The lowest BCUT2D eigenvalue weighted by molar-refractivity contribution is -0.127. The van der Waals surface area contributed by atoms with Crippen LogP contribution in [0, 0.1) is 17.8 Å². The van der Waals surface area contributed by atoms with E-state index in [9.17, 15) is 9.59 Å². The number of amides is 2. The fraction of sp³-hybridized carbons (Fsp3) is 0.895. The highest BCUT2D eigenvalue weighted by molar-refractivity contribution is 5.80. The van der Waals surface area contributed by atoms with E-state index in [1.54, 1.807) is 0 Å². The second kappa shape index (κ2) is 8.84. The van der Waals surface area contributed by atoms with Crippen LogP contribution in [0.2, 0.25) is 0 Å². The van der Waals surface area contributed by atoms with Crippen molar-refractivity contribution in [3.05, 3.63) is 0 Å². The molecule has 0 aromatic carbocycles.